The second kappa shape index (κ2) is 8.14. The van der Waals surface area contributed by atoms with Crippen LogP contribution in [0.2, 0.25) is 5.02 Å². The molecule has 0 aliphatic heterocycles. The maximum Gasteiger partial charge on any atom is 0.164 e. The van der Waals surface area contributed by atoms with Gasteiger partial charge in [-0.15, -0.1) is 0 Å². The molecule has 4 N–H and O–H groups in total. The highest BCUT2D eigenvalue weighted by Gasteiger charge is 2.07. The maximum absolute atomic E-state index is 13.2. The van der Waals surface area contributed by atoms with Gasteiger partial charge in [0.2, 0.25) is 0 Å². The number of phenolic OH excluding ortho intramolecular Hbond substituents is 2. The molecule has 3 rings (SSSR count). The Morgan fingerprint density at radius 3 is 1.74 bits per heavy atom. The molecule has 4 nitrogen and oxygen atoms in total. The van der Waals surface area contributed by atoms with Gasteiger partial charge in [0.15, 0.2) is 23.1 Å². The zero-order chi connectivity index (χ0) is 19.4. The van der Waals surface area contributed by atoms with Gasteiger partial charge in [0, 0.05) is 18.1 Å². The van der Waals surface area contributed by atoms with Crippen molar-refractivity contribution in [2.24, 2.45) is 0 Å². The molecule has 0 unspecified atom stereocenters. The largest absolute Gasteiger partial charge is 0.505 e. The zero-order valence-electron chi connectivity index (χ0n) is 14.1. The summed E-state index contributed by atoms with van der Waals surface area (Å²) in [5.74, 6) is -2.16. The lowest BCUT2D eigenvalue weighted by Gasteiger charge is -2.15. The average molecular weight is 391 g/mol. The molecule has 0 fully saturated rings. The molecule has 27 heavy (non-hydrogen) atoms. The first-order valence-corrected chi connectivity index (χ1v) is 8.52. The molecule has 3 aromatic rings. The monoisotopic (exact) mass is 390 g/mol. The minimum absolute atomic E-state index is 0.347. The fraction of sp³-hybridized carbons (Fsp3) is 0.100. The van der Waals surface area contributed by atoms with Crippen molar-refractivity contribution in [2.45, 2.75) is 13.1 Å². The van der Waals surface area contributed by atoms with Gasteiger partial charge in [-0.3, -0.25) is 0 Å². The second-order valence-electron chi connectivity index (χ2n) is 5.97. The molecule has 0 aliphatic rings. The SMILES string of the molecule is Oc1cc(CNc2ccc(Cl)cc2NCc2ccc(F)c(O)c2)ccc1F. The van der Waals surface area contributed by atoms with E-state index in [2.05, 4.69) is 10.6 Å². The molecule has 0 spiro atoms. The normalized spacial score (nSPS) is 10.6. The average Bonchev–Trinajstić information content (AvgIpc) is 2.64. The minimum Gasteiger partial charge on any atom is -0.505 e. The van der Waals surface area contributed by atoms with Crippen molar-refractivity contribution in [1.29, 1.82) is 0 Å². The Bertz CT molecular complexity index is 967. The van der Waals surface area contributed by atoms with Gasteiger partial charge in [-0.05, 0) is 53.6 Å². The molecule has 0 saturated carbocycles. The van der Waals surface area contributed by atoms with Crippen molar-refractivity contribution in [1.82, 2.24) is 0 Å². The predicted molar refractivity (Wildman–Crippen MR) is 102 cm³/mol. The molecule has 3 aromatic carbocycles. The van der Waals surface area contributed by atoms with Gasteiger partial charge in [0.1, 0.15) is 0 Å². The fourth-order valence-corrected chi connectivity index (χ4v) is 2.72. The Labute approximate surface area is 160 Å². The van der Waals surface area contributed by atoms with Crippen LogP contribution in [0, 0.1) is 11.6 Å². The van der Waals surface area contributed by atoms with Gasteiger partial charge in [-0.1, -0.05) is 23.7 Å². The zero-order valence-corrected chi connectivity index (χ0v) is 14.9. The van der Waals surface area contributed by atoms with E-state index in [9.17, 15) is 19.0 Å². The summed E-state index contributed by atoms with van der Waals surface area (Å²) in [6, 6.07) is 13.5. The van der Waals surface area contributed by atoms with Crippen LogP contribution < -0.4 is 10.6 Å². The Morgan fingerprint density at radius 2 is 1.22 bits per heavy atom. The van der Waals surface area contributed by atoms with Gasteiger partial charge in [0.05, 0.1) is 11.4 Å². The summed E-state index contributed by atoms with van der Waals surface area (Å²) in [6.07, 6.45) is 0. The Morgan fingerprint density at radius 1 is 0.704 bits per heavy atom. The standard InChI is InChI=1S/C20H17ClF2N2O2/c21-14-3-6-17(24-10-12-1-4-15(22)19(26)7-12)18(9-14)25-11-13-2-5-16(23)20(27)8-13/h1-9,24-27H,10-11H2. The molecule has 140 valence electrons. The Balaban J connectivity index is 1.72. The van der Waals surface area contributed by atoms with Crippen LogP contribution in [0.5, 0.6) is 11.5 Å². The maximum atomic E-state index is 13.2. The first kappa shape index (κ1) is 18.8. The molecule has 0 heterocycles. The quantitative estimate of drug-likeness (QED) is 0.464. The van der Waals surface area contributed by atoms with E-state index in [-0.39, 0.29) is 0 Å². The van der Waals surface area contributed by atoms with Gasteiger partial charge < -0.3 is 20.8 Å². The summed E-state index contributed by atoms with van der Waals surface area (Å²) in [6.45, 7) is 0.710. The van der Waals surface area contributed by atoms with Gasteiger partial charge in [0.25, 0.3) is 0 Å². The summed E-state index contributed by atoms with van der Waals surface area (Å²) in [5.41, 5.74) is 2.86. The smallest absolute Gasteiger partial charge is 0.164 e. The molecule has 0 amide bonds. The summed E-state index contributed by atoms with van der Waals surface area (Å²) < 4.78 is 26.3. The first-order valence-electron chi connectivity index (χ1n) is 8.14. The van der Waals surface area contributed by atoms with Gasteiger partial charge in [-0.25, -0.2) is 8.78 Å². The molecule has 0 aliphatic carbocycles. The first-order chi connectivity index (χ1) is 12.9. The number of benzene rings is 3. The van der Waals surface area contributed by atoms with E-state index in [1.54, 1.807) is 30.3 Å². The Hall–Kier alpha value is -2.99. The summed E-state index contributed by atoms with van der Waals surface area (Å²) in [5, 5.41) is 25.8. The highest BCUT2D eigenvalue weighted by Crippen LogP contribution is 2.28. The van der Waals surface area contributed by atoms with Crippen LogP contribution in [-0.2, 0) is 13.1 Å². The van der Waals surface area contributed by atoms with Gasteiger partial charge >= 0.3 is 0 Å². The van der Waals surface area contributed by atoms with Crippen molar-refractivity contribution >= 4 is 23.0 Å². The minimum atomic E-state index is -0.675. The topological polar surface area (TPSA) is 64.5 Å². The summed E-state index contributed by atoms with van der Waals surface area (Å²) in [4.78, 5) is 0. The number of phenols is 2. The molecule has 0 bridgehead atoms. The van der Waals surface area contributed by atoms with Crippen LogP contribution in [0.4, 0.5) is 20.2 Å². The van der Waals surface area contributed by atoms with Crippen molar-refractivity contribution in [3.8, 4) is 11.5 Å². The van der Waals surface area contributed by atoms with E-state index in [1.165, 1.54) is 24.3 Å². The number of hydrogen-bond acceptors (Lipinski definition) is 4. The number of aromatic hydroxyl groups is 2. The molecule has 0 aromatic heterocycles. The Kier molecular flexibility index (Phi) is 5.66. The lowest BCUT2D eigenvalue weighted by molar-refractivity contribution is 0.431. The lowest BCUT2D eigenvalue weighted by Crippen LogP contribution is -2.06. The molecule has 7 heteroatoms. The van der Waals surface area contributed by atoms with Crippen LogP contribution in [0.25, 0.3) is 0 Å². The summed E-state index contributed by atoms with van der Waals surface area (Å²) >= 11 is 6.07. The van der Waals surface area contributed by atoms with Crippen LogP contribution >= 0.6 is 11.6 Å². The van der Waals surface area contributed by atoms with E-state index in [4.69, 9.17) is 11.6 Å². The molecule has 0 radical (unpaired) electrons. The number of anilines is 2. The fourth-order valence-electron chi connectivity index (χ4n) is 2.55. The molecular formula is C20H17ClF2N2O2. The van der Waals surface area contributed by atoms with Crippen LogP contribution in [0.3, 0.4) is 0 Å². The third-order valence-corrected chi connectivity index (χ3v) is 4.20. The molecular weight excluding hydrogens is 374 g/mol. The van der Waals surface area contributed by atoms with E-state index in [0.717, 1.165) is 5.69 Å². The van der Waals surface area contributed by atoms with E-state index >= 15 is 0 Å². The van der Waals surface area contributed by atoms with Crippen molar-refractivity contribution in [3.63, 3.8) is 0 Å². The van der Waals surface area contributed by atoms with E-state index in [0.29, 0.717) is 34.9 Å². The lowest BCUT2D eigenvalue weighted by atomic mass is 10.1. The third kappa shape index (κ3) is 4.80. The van der Waals surface area contributed by atoms with Crippen molar-refractivity contribution in [3.05, 3.63) is 82.4 Å². The third-order valence-electron chi connectivity index (χ3n) is 3.97. The summed E-state index contributed by atoms with van der Waals surface area (Å²) in [7, 11) is 0. The van der Waals surface area contributed by atoms with Crippen LogP contribution in [-0.4, -0.2) is 10.2 Å². The highest BCUT2D eigenvalue weighted by molar-refractivity contribution is 6.31. The molecule has 0 saturated heterocycles. The van der Waals surface area contributed by atoms with Gasteiger partial charge in [-0.2, -0.15) is 0 Å². The van der Waals surface area contributed by atoms with Crippen molar-refractivity contribution < 1.29 is 19.0 Å². The molecule has 0 atom stereocenters. The second-order valence-corrected chi connectivity index (χ2v) is 6.40. The van der Waals surface area contributed by atoms with Crippen molar-refractivity contribution in [2.75, 3.05) is 10.6 Å². The number of hydrogen-bond donors (Lipinski definition) is 4. The highest BCUT2D eigenvalue weighted by atomic mass is 35.5. The van der Waals surface area contributed by atoms with Crippen LogP contribution in [0.1, 0.15) is 11.1 Å². The number of nitrogens with one attached hydrogen (secondary N) is 2. The van der Waals surface area contributed by atoms with E-state index < -0.39 is 23.1 Å². The van der Waals surface area contributed by atoms with Crippen LogP contribution in [0.15, 0.2) is 54.6 Å². The number of rotatable bonds is 6. The van der Waals surface area contributed by atoms with E-state index in [1.807, 2.05) is 0 Å². The predicted octanol–water partition coefficient (Wildman–Crippen LogP) is 5.25. The number of halogens is 3.